The Morgan fingerprint density at radius 3 is 1.54 bits per heavy atom. The Hall–Kier alpha value is -0.0800. The number of unbranched alkanes of at least 4 members (excludes halogenated alkanes) is 12. The number of hydrogen-bond acceptors (Lipinski definition) is 2. The van der Waals surface area contributed by atoms with Crippen LogP contribution >= 0.6 is 0 Å². The lowest BCUT2D eigenvalue weighted by molar-refractivity contribution is 0.0364. The van der Waals surface area contributed by atoms with Crippen molar-refractivity contribution in [3.63, 3.8) is 0 Å². The van der Waals surface area contributed by atoms with Crippen LogP contribution in [0.5, 0.6) is 0 Å². The zero-order valence-electron chi connectivity index (χ0n) is 16.9. The van der Waals surface area contributed by atoms with Gasteiger partial charge in [-0.2, -0.15) is 0 Å². The number of ether oxygens (including phenoxy) is 1. The molecule has 0 aliphatic rings. The van der Waals surface area contributed by atoms with Crippen LogP contribution in [0.3, 0.4) is 0 Å². The van der Waals surface area contributed by atoms with Crippen LogP contribution in [0, 0.1) is 0 Å². The normalized spacial score (nSPS) is 12.6. The van der Waals surface area contributed by atoms with Crippen molar-refractivity contribution in [1.82, 2.24) is 0 Å². The van der Waals surface area contributed by atoms with Gasteiger partial charge in [-0.05, 0) is 25.7 Å². The topological polar surface area (TPSA) is 29.5 Å². The number of hydrogen-bond donors (Lipinski definition) is 1. The molecule has 1 N–H and O–H groups in total. The van der Waals surface area contributed by atoms with Crippen molar-refractivity contribution in [2.75, 3.05) is 13.2 Å². The highest BCUT2D eigenvalue weighted by Gasteiger charge is 2.08. The Morgan fingerprint density at radius 1 is 0.583 bits per heavy atom. The quantitative estimate of drug-likeness (QED) is 0.240. The number of aliphatic hydroxyl groups is 1. The van der Waals surface area contributed by atoms with Crippen LogP contribution < -0.4 is 0 Å². The largest absolute Gasteiger partial charge is 0.396 e. The van der Waals surface area contributed by atoms with Crippen LogP contribution in [-0.2, 0) is 4.74 Å². The van der Waals surface area contributed by atoms with E-state index in [9.17, 15) is 0 Å². The second kappa shape index (κ2) is 21.0. The second-order valence-electron chi connectivity index (χ2n) is 7.39. The van der Waals surface area contributed by atoms with Crippen LogP contribution in [0.1, 0.15) is 123 Å². The Balaban J connectivity index is 3.54. The first-order valence-electron chi connectivity index (χ1n) is 11.1. The number of aliphatic hydroxyl groups excluding tert-OH is 1. The monoisotopic (exact) mass is 342 g/mol. The molecule has 24 heavy (non-hydrogen) atoms. The average Bonchev–Trinajstić information content (AvgIpc) is 2.59. The lowest BCUT2D eigenvalue weighted by atomic mass is 10.0. The first kappa shape index (κ1) is 23.9. The molecule has 0 radical (unpaired) electrons. The summed E-state index contributed by atoms with van der Waals surface area (Å²) >= 11 is 0. The van der Waals surface area contributed by atoms with Gasteiger partial charge in [-0.15, -0.1) is 0 Å². The molecule has 0 heterocycles. The zero-order valence-corrected chi connectivity index (χ0v) is 16.9. The van der Waals surface area contributed by atoms with Crippen LogP contribution in [-0.4, -0.2) is 24.4 Å². The summed E-state index contributed by atoms with van der Waals surface area (Å²) in [5, 5.41) is 8.75. The lowest BCUT2D eigenvalue weighted by Crippen LogP contribution is -2.14. The molecule has 0 aromatic heterocycles. The van der Waals surface area contributed by atoms with Gasteiger partial charge < -0.3 is 9.84 Å². The standard InChI is InChI=1S/C22H46O2/c1-3-5-7-15-18-22(24-21-6-4-2)19-16-13-11-9-8-10-12-14-17-20-23/h22-23H,3-21H2,1-2H3. The molecule has 0 aliphatic carbocycles. The fourth-order valence-corrected chi connectivity index (χ4v) is 3.23. The third-order valence-corrected chi connectivity index (χ3v) is 4.92. The van der Waals surface area contributed by atoms with Crippen LogP contribution in [0.4, 0.5) is 0 Å². The van der Waals surface area contributed by atoms with E-state index in [0.29, 0.717) is 12.7 Å². The van der Waals surface area contributed by atoms with E-state index in [1.807, 2.05) is 0 Å². The summed E-state index contributed by atoms with van der Waals surface area (Å²) in [6.07, 6.45) is 22.6. The van der Waals surface area contributed by atoms with Gasteiger partial charge >= 0.3 is 0 Å². The van der Waals surface area contributed by atoms with E-state index in [-0.39, 0.29) is 0 Å². The maximum absolute atomic E-state index is 8.75. The van der Waals surface area contributed by atoms with E-state index in [2.05, 4.69) is 13.8 Å². The van der Waals surface area contributed by atoms with E-state index >= 15 is 0 Å². The van der Waals surface area contributed by atoms with Crippen molar-refractivity contribution in [2.45, 2.75) is 129 Å². The zero-order chi connectivity index (χ0) is 17.7. The van der Waals surface area contributed by atoms with Gasteiger partial charge in [0.15, 0.2) is 0 Å². The highest BCUT2D eigenvalue weighted by Crippen LogP contribution is 2.17. The predicted octanol–water partition coefficient (Wildman–Crippen LogP) is 7.04. The molecule has 0 rings (SSSR count). The minimum absolute atomic E-state index is 0.361. The summed E-state index contributed by atoms with van der Waals surface area (Å²) in [7, 11) is 0. The molecule has 1 atom stereocenters. The summed E-state index contributed by atoms with van der Waals surface area (Å²) in [5.74, 6) is 0. The number of rotatable bonds is 20. The lowest BCUT2D eigenvalue weighted by Gasteiger charge is -2.18. The van der Waals surface area contributed by atoms with Crippen LogP contribution in [0.2, 0.25) is 0 Å². The third kappa shape index (κ3) is 18.3. The van der Waals surface area contributed by atoms with Crippen molar-refractivity contribution in [3.8, 4) is 0 Å². The van der Waals surface area contributed by atoms with Gasteiger partial charge in [0.1, 0.15) is 0 Å². The molecule has 0 spiro atoms. The van der Waals surface area contributed by atoms with E-state index < -0.39 is 0 Å². The summed E-state index contributed by atoms with van der Waals surface area (Å²) in [5.41, 5.74) is 0. The summed E-state index contributed by atoms with van der Waals surface area (Å²) in [4.78, 5) is 0. The molecular formula is C22H46O2. The molecule has 2 heteroatoms. The maximum atomic E-state index is 8.75. The van der Waals surface area contributed by atoms with Crippen molar-refractivity contribution in [3.05, 3.63) is 0 Å². The maximum Gasteiger partial charge on any atom is 0.0575 e. The van der Waals surface area contributed by atoms with Gasteiger partial charge in [-0.25, -0.2) is 0 Å². The van der Waals surface area contributed by atoms with E-state index in [0.717, 1.165) is 13.0 Å². The fourth-order valence-electron chi connectivity index (χ4n) is 3.23. The van der Waals surface area contributed by atoms with Crippen molar-refractivity contribution >= 4 is 0 Å². The van der Waals surface area contributed by atoms with Gasteiger partial charge in [-0.1, -0.05) is 97.3 Å². The van der Waals surface area contributed by atoms with E-state index in [4.69, 9.17) is 9.84 Å². The molecule has 0 bridgehead atoms. The Morgan fingerprint density at radius 2 is 1.04 bits per heavy atom. The molecule has 146 valence electrons. The molecule has 0 aromatic carbocycles. The van der Waals surface area contributed by atoms with Crippen molar-refractivity contribution in [1.29, 1.82) is 0 Å². The highest BCUT2D eigenvalue weighted by molar-refractivity contribution is 4.60. The van der Waals surface area contributed by atoms with Gasteiger partial charge in [0.25, 0.3) is 0 Å². The van der Waals surface area contributed by atoms with Gasteiger partial charge in [0, 0.05) is 13.2 Å². The molecule has 0 amide bonds. The van der Waals surface area contributed by atoms with E-state index in [1.54, 1.807) is 0 Å². The van der Waals surface area contributed by atoms with Crippen LogP contribution in [0.25, 0.3) is 0 Å². The first-order valence-corrected chi connectivity index (χ1v) is 11.1. The minimum Gasteiger partial charge on any atom is -0.396 e. The molecular weight excluding hydrogens is 296 g/mol. The SMILES string of the molecule is CCCCCCC(CCCCCCCCCCCO)OCCCC. The first-order chi connectivity index (χ1) is 11.8. The predicted molar refractivity (Wildman–Crippen MR) is 107 cm³/mol. The van der Waals surface area contributed by atoms with Crippen molar-refractivity contribution < 1.29 is 9.84 Å². The van der Waals surface area contributed by atoms with Gasteiger partial charge in [0.2, 0.25) is 0 Å². The highest BCUT2D eigenvalue weighted by atomic mass is 16.5. The van der Waals surface area contributed by atoms with Crippen LogP contribution in [0.15, 0.2) is 0 Å². The van der Waals surface area contributed by atoms with Gasteiger partial charge in [0.05, 0.1) is 6.10 Å². The molecule has 0 fully saturated rings. The summed E-state index contributed by atoms with van der Waals surface area (Å²) < 4.78 is 6.12. The van der Waals surface area contributed by atoms with E-state index in [1.165, 1.54) is 103 Å². The molecule has 0 aromatic rings. The molecule has 0 saturated carbocycles. The molecule has 0 aliphatic heterocycles. The summed E-state index contributed by atoms with van der Waals surface area (Å²) in [6.45, 7) is 5.84. The Labute approximate surface area is 152 Å². The fraction of sp³-hybridized carbons (Fsp3) is 1.00. The molecule has 2 nitrogen and oxygen atoms in total. The second-order valence-corrected chi connectivity index (χ2v) is 7.39. The van der Waals surface area contributed by atoms with Crippen molar-refractivity contribution in [2.24, 2.45) is 0 Å². The summed E-state index contributed by atoms with van der Waals surface area (Å²) in [6, 6.07) is 0. The molecule has 0 saturated heterocycles. The average molecular weight is 343 g/mol. The van der Waals surface area contributed by atoms with Gasteiger partial charge in [-0.3, -0.25) is 0 Å². The minimum atomic E-state index is 0.361. The molecule has 1 unspecified atom stereocenters. The third-order valence-electron chi connectivity index (χ3n) is 4.92. The smallest absolute Gasteiger partial charge is 0.0575 e. The Bertz CT molecular complexity index is 218. The Kier molecular flexibility index (Phi) is 20.9.